The summed E-state index contributed by atoms with van der Waals surface area (Å²) < 4.78 is 39.5. The van der Waals surface area contributed by atoms with Gasteiger partial charge < -0.3 is 10.2 Å². The summed E-state index contributed by atoms with van der Waals surface area (Å²) in [5, 5.41) is 3.22. The standard InChI is InChI=1S/C19H19F3N2O/c1-13-12-23-10-11-24(13)18(25)15-8-6-14(7-9-15)16-4-2-3-5-17(16)19(20,21)22/h2-9,13,23H,10-12H2,1H3/t13-/m0/s1. The first kappa shape index (κ1) is 17.5. The maximum Gasteiger partial charge on any atom is 0.417 e. The van der Waals surface area contributed by atoms with Gasteiger partial charge in [-0.2, -0.15) is 13.2 Å². The van der Waals surface area contributed by atoms with Crippen molar-refractivity contribution >= 4 is 5.91 Å². The second-order valence-corrected chi connectivity index (χ2v) is 6.17. The number of rotatable bonds is 2. The van der Waals surface area contributed by atoms with Crippen LogP contribution < -0.4 is 5.32 Å². The second kappa shape index (κ2) is 6.88. The van der Waals surface area contributed by atoms with Crippen molar-refractivity contribution in [1.29, 1.82) is 0 Å². The number of nitrogens with zero attached hydrogens (tertiary/aromatic N) is 1. The Labute approximate surface area is 144 Å². The van der Waals surface area contributed by atoms with Crippen molar-refractivity contribution in [2.24, 2.45) is 0 Å². The number of benzene rings is 2. The maximum absolute atomic E-state index is 13.2. The van der Waals surface area contributed by atoms with Crippen LogP contribution in [-0.4, -0.2) is 36.5 Å². The van der Waals surface area contributed by atoms with Gasteiger partial charge in [0, 0.05) is 31.2 Å². The van der Waals surface area contributed by atoms with Gasteiger partial charge in [-0.25, -0.2) is 0 Å². The van der Waals surface area contributed by atoms with Crippen molar-refractivity contribution in [2.75, 3.05) is 19.6 Å². The van der Waals surface area contributed by atoms with E-state index in [1.54, 1.807) is 35.2 Å². The number of alkyl halides is 3. The molecule has 3 rings (SSSR count). The van der Waals surface area contributed by atoms with Crippen molar-refractivity contribution < 1.29 is 18.0 Å². The molecule has 0 saturated carbocycles. The maximum atomic E-state index is 13.2. The van der Waals surface area contributed by atoms with Crippen molar-refractivity contribution in [3.05, 3.63) is 59.7 Å². The Morgan fingerprint density at radius 3 is 2.44 bits per heavy atom. The molecule has 1 aliphatic rings. The quantitative estimate of drug-likeness (QED) is 0.895. The van der Waals surface area contributed by atoms with E-state index in [1.807, 2.05) is 6.92 Å². The molecule has 0 radical (unpaired) electrons. The van der Waals surface area contributed by atoms with Crippen LogP contribution in [0.3, 0.4) is 0 Å². The van der Waals surface area contributed by atoms with E-state index in [1.165, 1.54) is 12.1 Å². The van der Waals surface area contributed by atoms with Gasteiger partial charge >= 0.3 is 6.18 Å². The Morgan fingerprint density at radius 1 is 1.12 bits per heavy atom. The van der Waals surface area contributed by atoms with E-state index >= 15 is 0 Å². The summed E-state index contributed by atoms with van der Waals surface area (Å²) in [6.45, 7) is 4.08. The number of carbonyl (C=O) groups excluding carboxylic acids is 1. The number of halogens is 3. The minimum absolute atomic E-state index is 0.0897. The van der Waals surface area contributed by atoms with E-state index in [-0.39, 0.29) is 17.5 Å². The van der Waals surface area contributed by atoms with Crippen molar-refractivity contribution in [1.82, 2.24) is 10.2 Å². The van der Waals surface area contributed by atoms with Crippen LogP contribution in [0.25, 0.3) is 11.1 Å². The zero-order chi connectivity index (χ0) is 18.0. The average molecular weight is 348 g/mol. The molecule has 132 valence electrons. The number of carbonyl (C=O) groups is 1. The number of hydrogen-bond acceptors (Lipinski definition) is 2. The minimum atomic E-state index is -4.42. The third kappa shape index (κ3) is 3.69. The van der Waals surface area contributed by atoms with Crippen LogP contribution in [0.5, 0.6) is 0 Å². The van der Waals surface area contributed by atoms with Gasteiger partial charge in [0.05, 0.1) is 5.56 Å². The summed E-state index contributed by atoms with van der Waals surface area (Å²) in [7, 11) is 0. The SMILES string of the molecule is C[C@H]1CNCCN1C(=O)c1ccc(-c2ccccc2C(F)(F)F)cc1. The highest BCUT2D eigenvalue weighted by atomic mass is 19.4. The first-order valence-electron chi connectivity index (χ1n) is 8.16. The zero-order valence-corrected chi connectivity index (χ0v) is 13.8. The Balaban J connectivity index is 1.87. The van der Waals surface area contributed by atoms with Crippen LogP contribution in [-0.2, 0) is 6.18 Å². The second-order valence-electron chi connectivity index (χ2n) is 6.17. The van der Waals surface area contributed by atoms with Gasteiger partial charge in [0.25, 0.3) is 5.91 Å². The monoisotopic (exact) mass is 348 g/mol. The fraction of sp³-hybridized carbons (Fsp3) is 0.316. The zero-order valence-electron chi connectivity index (χ0n) is 13.8. The van der Waals surface area contributed by atoms with E-state index < -0.39 is 11.7 Å². The van der Waals surface area contributed by atoms with Gasteiger partial charge in [-0.05, 0) is 36.2 Å². The first-order chi connectivity index (χ1) is 11.9. The molecule has 0 spiro atoms. The molecule has 0 aliphatic carbocycles. The van der Waals surface area contributed by atoms with E-state index in [9.17, 15) is 18.0 Å². The first-order valence-corrected chi connectivity index (χ1v) is 8.16. The highest BCUT2D eigenvalue weighted by Gasteiger charge is 2.33. The van der Waals surface area contributed by atoms with E-state index in [0.717, 1.165) is 19.2 Å². The lowest BCUT2D eigenvalue weighted by Crippen LogP contribution is -2.52. The van der Waals surface area contributed by atoms with Gasteiger partial charge in [0.1, 0.15) is 0 Å². The Bertz CT molecular complexity index is 756. The molecule has 1 amide bonds. The number of amides is 1. The summed E-state index contributed by atoms with van der Waals surface area (Å²) in [5.41, 5.74) is 0.370. The molecule has 1 aliphatic heterocycles. The number of nitrogens with one attached hydrogen (secondary N) is 1. The molecule has 0 aromatic heterocycles. The Hall–Kier alpha value is -2.34. The predicted molar refractivity (Wildman–Crippen MR) is 90.2 cm³/mol. The largest absolute Gasteiger partial charge is 0.417 e. The molecule has 3 nitrogen and oxygen atoms in total. The number of piperazine rings is 1. The number of hydrogen-bond donors (Lipinski definition) is 1. The molecular formula is C19H19F3N2O. The van der Waals surface area contributed by atoms with Crippen molar-refractivity contribution in [3.63, 3.8) is 0 Å². The molecule has 1 atom stereocenters. The fourth-order valence-corrected chi connectivity index (χ4v) is 3.08. The molecule has 1 N–H and O–H groups in total. The molecular weight excluding hydrogens is 329 g/mol. The highest BCUT2D eigenvalue weighted by molar-refractivity contribution is 5.95. The van der Waals surface area contributed by atoms with Crippen LogP contribution in [0.15, 0.2) is 48.5 Å². The van der Waals surface area contributed by atoms with Crippen molar-refractivity contribution in [3.8, 4) is 11.1 Å². The summed E-state index contributed by atoms with van der Waals surface area (Å²) in [4.78, 5) is 14.4. The van der Waals surface area contributed by atoms with Crippen LogP contribution in [0.1, 0.15) is 22.8 Å². The molecule has 1 heterocycles. The molecule has 0 unspecified atom stereocenters. The Morgan fingerprint density at radius 2 is 1.80 bits per heavy atom. The van der Waals surface area contributed by atoms with Crippen LogP contribution in [0.2, 0.25) is 0 Å². The molecule has 1 saturated heterocycles. The van der Waals surface area contributed by atoms with Gasteiger partial charge in [0.2, 0.25) is 0 Å². The van der Waals surface area contributed by atoms with E-state index in [2.05, 4.69) is 5.32 Å². The lowest BCUT2D eigenvalue weighted by Gasteiger charge is -2.34. The van der Waals surface area contributed by atoms with Crippen molar-refractivity contribution in [2.45, 2.75) is 19.1 Å². The molecule has 2 aromatic rings. The van der Waals surface area contributed by atoms with Gasteiger partial charge in [-0.1, -0.05) is 30.3 Å². The van der Waals surface area contributed by atoms with E-state index in [4.69, 9.17) is 0 Å². The average Bonchev–Trinajstić information content (AvgIpc) is 2.61. The topological polar surface area (TPSA) is 32.3 Å². The molecule has 0 bridgehead atoms. The van der Waals surface area contributed by atoms with Gasteiger partial charge in [-0.3, -0.25) is 4.79 Å². The lowest BCUT2D eigenvalue weighted by molar-refractivity contribution is -0.137. The van der Waals surface area contributed by atoms with Crippen LogP contribution in [0, 0.1) is 0 Å². The predicted octanol–water partition coefficient (Wildman–Crippen LogP) is 3.81. The third-order valence-corrected chi connectivity index (χ3v) is 4.44. The van der Waals surface area contributed by atoms with E-state index in [0.29, 0.717) is 17.7 Å². The van der Waals surface area contributed by atoms with Crippen LogP contribution in [0.4, 0.5) is 13.2 Å². The van der Waals surface area contributed by atoms with Gasteiger partial charge in [-0.15, -0.1) is 0 Å². The fourth-order valence-electron chi connectivity index (χ4n) is 3.08. The Kier molecular flexibility index (Phi) is 4.81. The summed E-state index contributed by atoms with van der Waals surface area (Å²) in [6, 6.07) is 11.9. The molecule has 6 heteroatoms. The van der Waals surface area contributed by atoms with Gasteiger partial charge in [0.15, 0.2) is 0 Å². The minimum Gasteiger partial charge on any atom is -0.333 e. The smallest absolute Gasteiger partial charge is 0.333 e. The lowest BCUT2D eigenvalue weighted by atomic mass is 9.98. The molecule has 1 fully saturated rings. The van der Waals surface area contributed by atoms with Crippen LogP contribution >= 0.6 is 0 Å². The third-order valence-electron chi connectivity index (χ3n) is 4.44. The summed E-state index contributed by atoms with van der Waals surface area (Å²) in [5.74, 6) is -0.0929. The summed E-state index contributed by atoms with van der Waals surface area (Å²) in [6.07, 6.45) is -4.42. The summed E-state index contributed by atoms with van der Waals surface area (Å²) >= 11 is 0. The molecule has 2 aromatic carbocycles. The highest BCUT2D eigenvalue weighted by Crippen LogP contribution is 2.36. The normalized spacial score (nSPS) is 18.2. The molecule has 25 heavy (non-hydrogen) atoms.